The van der Waals surface area contributed by atoms with Crippen molar-refractivity contribution < 1.29 is 9.47 Å². The summed E-state index contributed by atoms with van der Waals surface area (Å²) in [4.78, 5) is 0. The molecule has 0 aliphatic carbocycles. The average molecular weight is 237 g/mol. The Morgan fingerprint density at radius 2 is 1.88 bits per heavy atom. The number of benzene rings is 1. The van der Waals surface area contributed by atoms with Crippen molar-refractivity contribution in [1.82, 2.24) is 0 Å². The summed E-state index contributed by atoms with van der Waals surface area (Å²) in [6.45, 7) is 6.16. The van der Waals surface area contributed by atoms with E-state index in [1.165, 1.54) is 5.56 Å². The number of hydrogen-bond donors (Lipinski definition) is 1. The van der Waals surface area contributed by atoms with Gasteiger partial charge < -0.3 is 15.2 Å². The van der Waals surface area contributed by atoms with E-state index in [1.807, 2.05) is 24.3 Å². The second-order valence-electron chi connectivity index (χ2n) is 4.26. The molecule has 17 heavy (non-hydrogen) atoms. The SMILES string of the molecule is CCC(N)COCCCOc1ccc(C)cc1. The highest BCUT2D eigenvalue weighted by Crippen LogP contribution is 2.11. The molecule has 1 unspecified atom stereocenters. The number of hydrogen-bond acceptors (Lipinski definition) is 3. The van der Waals surface area contributed by atoms with E-state index in [4.69, 9.17) is 15.2 Å². The van der Waals surface area contributed by atoms with Gasteiger partial charge in [-0.15, -0.1) is 0 Å². The molecule has 0 amide bonds. The topological polar surface area (TPSA) is 44.5 Å². The molecule has 0 aliphatic rings. The largest absolute Gasteiger partial charge is 0.494 e. The molecule has 0 saturated carbocycles. The van der Waals surface area contributed by atoms with Gasteiger partial charge in [0.05, 0.1) is 13.2 Å². The van der Waals surface area contributed by atoms with E-state index >= 15 is 0 Å². The Hall–Kier alpha value is -1.06. The van der Waals surface area contributed by atoms with Crippen molar-refractivity contribution in [2.24, 2.45) is 5.73 Å². The molecule has 0 fully saturated rings. The summed E-state index contributed by atoms with van der Waals surface area (Å²) in [6, 6.07) is 8.23. The smallest absolute Gasteiger partial charge is 0.119 e. The van der Waals surface area contributed by atoms with E-state index in [-0.39, 0.29) is 6.04 Å². The molecule has 3 heteroatoms. The third-order valence-electron chi connectivity index (χ3n) is 2.58. The molecule has 2 N–H and O–H groups in total. The molecule has 96 valence electrons. The highest BCUT2D eigenvalue weighted by molar-refractivity contribution is 5.26. The maximum Gasteiger partial charge on any atom is 0.119 e. The first-order valence-electron chi connectivity index (χ1n) is 6.25. The van der Waals surface area contributed by atoms with Gasteiger partial charge in [-0.3, -0.25) is 0 Å². The normalized spacial score (nSPS) is 12.4. The van der Waals surface area contributed by atoms with Crippen LogP contribution < -0.4 is 10.5 Å². The fourth-order valence-electron chi connectivity index (χ4n) is 1.34. The van der Waals surface area contributed by atoms with Crippen molar-refractivity contribution in [3.8, 4) is 5.75 Å². The number of aryl methyl sites for hydroxylation is 1. The lowest BCUT2D eigenvalue weighted by Crippen LogP contribution is -2.25. The van der Waals surface area contributed by atoms with Crippen molar-refractivity contribution in [3.05, 3.63) is 29.8 Å². The van der Waals surface area contributed by atoms with Gasteiger partial charge in [-0.25, -0.2) is 0 Å². The molecule has 0 radical (unpaired) electrons. The lowest BCUT2D eigenvalue weighted by Gasteiger charge is -2.10. The Balaban J connectivity index is 2.02. The minimum absolute atomic E-state index is 0.160. The van der Waals surface area contributed by atoms with Gasteiger partial charge in [-0.05, 0) is 25.5 Å². The summed E-state index contributed by atoms with van der Waals surface area (Å²) in [6.07, 6.45) is 1.85. The summed E-state index contributed by atoms with van der Waals surface area (Å²) >= 11 is 0. The van der Waals surface area contributed by atoms with Crippen molar-refractivity contribution in [2.75, 3.05) is 19.8 Å². The van der Waals surface area contributed by atoms with E-state index in [1.54, 1.807) is 0 Å². The van der Waals surface area contributed by atoms with Crippen LogP contribution in [0.2, 0.25) is 0 Å². The van der Waals surface area contributed by atoms with Crippen LogP contribution in [0.4, 0.5) is 0 Å². The zero-order valence-electron chi connectivity index (χ0n) is 10.8. The van der Waals surface area contributed by atoms with Crippen LogP contribution in [0.3, 0.4) is 0 Å². The molecule has 0 bridgehead atoms. The predicted molar refractivity (Wildman–Crippen MR) is 70.4 cm³/mol. The van der Waals surface area contributed by atoms with Crippen LogP contribution >= 0.6 is 0 Å². The highest BCUT2D eigenvalue weighted by Gasteiger charge is 1.98. The van der Waals surface area contributed by atoms with Crippen LogP contribution in [0, 0.1) is 6.92 Å². The van der Waals surface area contributed by atoms with Crippen LogP contribution in [0.15, 0.2) is 24.3 Å². The summed E-state index contributed by atoms with van der Waals surface area (Å²) in [5.41, 5.74) is 6.98. The van der Waals surface area contributed by atoms with E-state index in [0.29, 0.717) is 19.8 Å². The summed E-state index contributed by atoms with van der Waals surface area (Å²) in [7, 11) is 0. The first-order valence-corrected chi connectivity index (χ1v) is 6.25. The van der Waals surface area contributed by atoms with Crippen LogP contribution in [-0.2, 0) is 4.74 Å². The van der Waals surface area contributed by atoms with Gasteiger partial charge in [0.1, 0.15) is 5.75 Å². The number of ether oxygens (including phenoxy) is 2. The average Bonchev–Trinajstić information content (AvgIpc) is 2.35. The van der Waals surface area contributed by atoms with Crippen molar-refractivity contribution in [3.63, 3.8) is 0 Å². The van der Waals surface area contributed by atoms with E-state index in [0.717, 1.165) is 18.6 Å². The van der Waals surface area contributed by atoms with Gasteiger partial charge in [0.2, 0.25) is 0 Å². The van der Waals surface area contributed by atoms with E-state index in [9.17, 15) is 0 Å². The van der Waals surface area contributed by atoms with Crippen LogP contribution in [0.25, 0.3) is 0 Å². The van der Waals surface area contributed by atoms with Crippen LogP contribution in [0.1, 0.15) is 25.3 Å². The molecule has 0 heterocycles. The molecule has 1 aromatic rings. The molecule has 0 aliphatic heterocycles. The maximum atomic E-state index is 5.74. The van der Waals surface area contributed by atoms with Gasteiger partial charge in [0.25, 0.3) is 0 Å². The molecule has 0 spiro atoms. The Morgan fingerprint density at radius 1 is 1.18 bits per heavy atom. The molecular weight excluding hydrogens is 214 g/mol. The Kier molecular flexibility index (Phi) is 6.67. The first kappa shape index (κ1) is 14.0. The zero-order valence-corrected chi connectivity index (χ0v) is 10.8. The monoisotopic (exact) mass is 237 g/mol. The van der Waals surface area contributed by atoms with Crippen molar-refractivity contribution in [2.45, 2.75) is 32.7 Å². The summed E-state index contributed by atoms with van der Waals surface area (Å²) in [5, 5.41) is 0. The summed E-state index contributed by atoms with van der Waals surface area (Å²) < 4.78 is 11.0. The fraction of sp³-hybridized carbons (Fsp3) is 0.571. The quantitative estimate of drug-likeness (QED) is 0.707. The predicted octanol–water partition coefficient (Wildman–Crippen LogP) is 2.52. The van der Waals surface area contributed by atoms with Crippen LogP contribution in [0.5, 0.6) is 5.75 Å². The molecule has 1 atom stereocenters. The van der Waals surface area contributed by atoms with Crippen LogP contribution in [-0.4, -0.2) is 25.9 Å². The molecule has 3 nitrogen and oxygen atoms in total. The lowest BCUT2D eigenvalue weighted by molar-refractivity contribution is 0.107. The molecule has 0 aromatic heterocycles. The Morgan fingerprint density at radius 3 is 2.53 bits per heavy atom. The van der Waals surface area contributed by atoms with Crippen molar-refractivity contribution in [1.29, 1.82) is 0 Å². The van der Waals surface area contributed by atoms with Gasteiger partial charge in [-0.2, -0.15) is 0 Å². The minimum atomic E-state index is 0.160. The van der Waals surface area contributed by atoms with Gasteiger partial charge in [0, 0.05) is 19.1 Å². The van der Waals surface area contributed by atoms with Crippen molar-refractivity contribution >= 4 is 0 Å². The minimum Gasteiger partial charge on any atom is -0.494 e. The van der Waals surface area contributed by atoms with Gasteiger partial charge in [0.15, 0.2) is 0 Å². The van der Waals surface area contributed by atoms with Gasteiger partial charge >= 0.3 is 0 Å². The zero-order chi connectivity index (χ0) is 12.5. The third kappa shape index (κ3) is 6.29. The third-order valence-corrected chi connectivity index (χ3v) is 2.58. The second-order valence-corrected chi connectivity index (χ2v) is 4.26. The molecular formula is C14H23NO2. The lowest BCUT2D eigenvalue weighted by atomic mass is 10.2. The molecule has 1 rings (SSSR count). The number of nitrogens with two attached hydrogens (primary N) is 1. The Labute approximate surface area is 104 Å². The van der Waals surface area contributed by atoms with E-state index < -0.39 is 0 Å². The number of rotatable bonds is 8. The summed E-state index contributed by atoms with van der Waals surface area (Å²) in [5.74, 6) is 0.917. The Bertz CT molecular complexity index is 298. The molecule has 1 aromatic carbocycles. The maximum absolute atomic E-state index is 5.74. The second kappa shape index (κ2) is 8.09. The van der Waals surface area contributed by atoms with E-state index in [2.05, 4.69) is 13.8 Å². The fourth-order valence-corrected chi connectivity index (χ4v) is 1.34. The van der Waals surface area contributed by atoms with Gasteiger partial charge in [-0.1, -0.05) is 24.6 Å². The first-order chi connectivity index (χ1) is 8.22. The molecule has 0 saturated heterocycles. The highest BCUT2D eigenvalue weighted by atomic mass is 16.5. The standard InChI is InChI=1S/C14H23NO2/c1-3-13(15)11-16-9-4-10-17-14-7-5-12(2)6-8-14/h5-8,13H,3-4,9-11,15H2,1-2H3.